The summed E-state index contributed by atoms with van der Waals surface area (Å²) in [5.41, 5.74) is 0.813. The Morgan fingerprint density at radius 1 is 1.10 bits per heavy atom. The highest BCUT2D eigenvalue weighted by Gasteiger charge is 2.34. The SMILES string of the molecule is O=C(CCSc1ccc(Cl)cc1)Nc1nnc(C2CC(=O)N(c3ccc(Cl)cc3)C2)s1. The quantitative estimate of drug-likeness (QED) is 0.441. The summed E-state index contributed by atoms with van der Waals surface area (Å²) < 4.78 is 0. The van der Waals surface area contributed by atoms with Gasteiger partial charge in [0.15, 0.2) is 0 Å². The number of amides is 2. The van der Waals surface area contributed by atoms with Crippen molar-refractivity contribution in [1.82, 2.24) is 10.2 Å². The van der Waals surface area contributed by atoms with Crippen molar-refractivity contribution in [2.24, 2.45) is 0 Å². The van der Waals surface area contributed by atoms with Crippen molar-refractivity contribution in [2.45, 2.75) is 23.7 Å². The summed E-state index contributed by atoms with van der Waals surface area (Å²) in [6.45, 7) is 0.529. The van der Waals surface area contributed by atoms with E-state index in [1.165, 1.54) is 11.3 Å². The molecule has 31 heavy (non-hydrogen) atoms. The monoisotopic (exact) mass is 492 g/mol. The van der Waals surface area contributed by atoms with Crippen LogP contribution in [0, 0.1) is 0 Å². The lowest BCUT2D eigenvalue weighted by molar-refractivity contribution is -0.117. The molecule has 1 fully saturated rings. The number of nitrogens with zero attached hydrogens (tertiary/aromatic N) is 3. The van der Waals surface area contributed by atoms with Gasteiger partial charge in [-0.2, -0.15) is 0 Å². The highest BCUT2D eigenvalue weighted by Crippen LogP contribution is 2.34. The number of rotatable bonds is 7. The Morgan fingerprint density at radius 3 is 2.48 bits per heavy atom. The maximum absolute atomic E-state index is 12.5. The Kier molecular flexibility index (Phi) is 7.12. The second kappa shape index (κ2) is 9.99. The molecule has 4 rings (SSSR count). The van der Waals surface area contributed by atoms with Crippen LogP contribution in [0.4, 0.5) is 10.8 Å². The largest absolute Gasteiger partial charge is 0.312 e. The van der Waals surface area contributed by atoms with E-state index in [0.717, 1.165) is 15.6 Å². The van der Waals surface area contributed by atoms with E-state index in [-0.39, 0.29) is 17.7 Å². The van der Waals surface area contributed by atoms with Gasteiger partial charge in [-0.25, -0.2) is 0 Å². The van der Waals surface area contributed by atoms with Crippen LogP contribution in [0.15, 0.2) is 53.4 Å². The zero-order chi connectivity index (χ0) is 21.8. The minimum atomic E-state index is -0.116. The highest BCUT2D eigenvalue weighted by atomic mass is 35.5. The van der Waals surface area contributed by atoms with E-state index in [4.69, 9.17) is 23.2 Å². The van der Waals surface area contributed by atoms with E-state index in [0.29, 0.717) is 40.3 Å². The smallest absolute Gasteiger partial charge is 0.227 e. The molecule has 1 aliphatic rings. The van der Waals surface area contributed by atoms with Gasteiger partial charge in [0.05, 0.1) is 0 Å². The first kappa shape index (κ1) is 22.1. The van der Waals surface area contributed by atoms with E-state index in [2.05, 4.69) is 15.5 Å². The number of thioether (sulfide) groups is 1. The summed E-state index contributed by atoms with van der Waals surface area (Å²) in [5.74, 6) is 0.514. The van der Waals surface area contributed by atoms with Crippen molar-refractivity contribution in [1.29, 1.82) is 0 Å². The molecule has 1 unspecified atom stereocenters. The fourth-order valence-corrected chi connectivity index (χ4v) is 5.12. The van der Waals surface area contributed by atoms with E-state index >= 15 is 0 Å². The van der Waals surface area contributed by atoms with Crippen LogP contribution >= 0.6 is 46.3 Å². The number of hydrogen-bond donors (Lipinski definition) is 1. The Labute approximate surface area is 198 Å². The number of halogens is 2. The molecular weight excluding hydrogens is 475 g/mol. The van der Waals surface area contributed by atoms with E-state index in [9.17, 15) is 9.59 Å². The van der Waals surface area contributed by atoms with Crippen molar-refractivity contribution in [3.05, 3.63) is 63.6 Å². The first-order valence-corrected chi connectivity index (χ1v) is 12.1. The second-order valence-electron chi connectivity index (χ2n) is 6.93. The predicted octanol–water partition coefficient (Wildman–Crippen LogP) is 5.49. The maximum atomic E-state index is 12.5. The van der Waals surface area contributed by atoms with Crippen LogP contribution in [0.5, 0.6) is 0 Å². The molecular formula is C21H18Cl2N4O2S2. The molecule has 0 bridgehead atoms. The molecule has 0 aliphatic carbocycles. The summed E-state index contributed by atoms with van der Waals surface area (Å²) in [6.07, 6.45) is 0.720. The molecule has 1 saturated heterocycles. The Bertz CT molecular complexity index is 1070. The van der Waals surface area contributed by atoms with Crippen LogP contribution in [-0.4, -0.2) is 34.3 Å². The number of carbonyl (C=O) groups is 2. The average molecular weight is 493 g/mol. The molecule has 0 radical (unpaired) electrons. The van der Waals surface area contributed by atoms with Crippen LogP contribution in [-0.2, 0) is 9.59 Å². The second-order valence-corrected chi connectivity index (χ2v) is 9.98. The fourth-order valence-electron chi connectivity index (χ4n) is 3.17. The van der Waals surface area contributed by atoms with Crippen LogP contribution in [0.3, 0.4) is 0 Å². The zero-order valence-corrected chi connectivity index (χ0v) is 19.4. The molecule has 10 heteroatoms. The Hall–Kier alpha value is -2.13. The van der Waals surface area contributed by atoms with Crippen molar-refractivity contribution >= 4 is 68.9 Å². The third kappa shape index (κ3) is 5.77. The molecule has 2 heterocycles. The summed E-state index contributed by atoms with van der Waals surface area (Å²) in [5, 5.41) is 13.6. The van der Waals surface area contributed by atoms with Crippen molar-refractivity contribution in [3.63, 3.8) is 0 Å². The van der Waals surface area contributed by atoms with Gasteiger partial charge in [-0.05, 0) is 48.5 Å². The van der Waals surface area contributed by atoms with Crippen LogP contribution < -0.4 is 10.2 Å². The van der Waals surface area contributed by atoms with Gasteiger partial charge in [0.2, 0.25) is 16.9 Å². The molecule has 6 nitrogen and oxygen atoms in total. The van der Waals surface area contributed by atoms with Crippen molar-refractivity contribution in [3.8, 4) is 0 Å². The van der Waals surface area contributed by atoms with Gasteiger partial charge in [0.25, 0.3) is 0 Å². The number of nitrogens with one attached hydrogen (secondary N) is 1. The number of anilines is 2. The van der Waals surface area contributed by atoms with Gasteiger partial charge in [0.1, 0.15) is 5.01 Å². The number of carbonyl (C=O) groups excluding carboxylic acids is 2. The van der Waals surface area contributed by atoms with Gasteiger partial charge in [-0.3, -0.25) is 9.59 Å². The molecule has 3 aromatic rings. The summed E-state index contributed by atoms with van der Waals surface area (Å²) >= 11 is 14.7. The Morgan fingerprint density at radius 2 is 1.77 bits per heavy atom. The molecule has 1 aliphatic heterocycles. The lowest BCUT2D eigenvalue weighted by Crippen LogP contribution is -2.24. The molecule has 1 N–H and O–H groups in total. The van der Waals surface area contributed by atoms with E-state index in [1.807, 2.05) is 36.4 Å². The molecule has 0 saturated carbocycles. The van der Waals surface area contributed by atoms with E-state index < -0.39 is 0 Å². The van der Waals surface area contributed by atoms with Gasteiger partial charge < -0.3 is 10.2 Å². The lowest BCUT2D eigenvalue weighted by atomic mass is 10.1. The average Bonchev–Trinajstić information content (AvgIpc) is 3.37. The normalized spacial score (nSPS) is 16.0. The van der Waals surface area contributed by atoms with Crippen LogP contribution in [0.2, 0.25) is 10.0 Å². The first-order chi connectivity index (χ1) is 15.0. The van der Waals surface area contributed by atoms with Gasteiger partial charge in [0, 0.05) is 51.7 Å². The standard InChI is InChI=1S/C21H18Cl2N4O2S2/c22-14-1-5-16(6-2-14)27-12-13(11-19(27)29)20-25-26-21(31-20)24-18(28)9-10-30-17-7-3-15(23)4-8-17/h1-8,13H,9-12H2,(H,24,26,28). The summed E-state index contributed by atoms with van der Waals surface area (Å²) in [4.78, 5) is 27.5. The number of hydrogen-bond acceptors (Lipinski definition) is 6. The number of benzene rings is 2. The molecule has 2 amide bonds. The predicted molar refractivity (Wildman–Crippen MR) is 126 cm³/mol. The fraction of sp³-hybridized carbons (Fsp3) is 0.238. The molecule has 160 valence electrons. The van der Waals surface area contributed by atoms with Crippen LogP contribution in [0.25, 0.3) is 0 Å². The topological polar surface area (TPSA) is 75.2 Å². The molecule has 0 spiro atoms. The summed E-state index contributed by atoms with van der Waals surface area (Å²) in [7, 11) is 0. The molecule has 2 aromatic carbocycles. The first-order valence-electron chi connectivity index (χ1n) is 9.55. The lowest BCUT2D eigenvalue weighted by Gasteiger charge is -2.16. The molecule has 1 aromatic heterocycles. The summed E-state index contributed by atoms with van der Waals surface area (Å²) in [6, 6.07) is 14.7. The number of aromatic nitrogens is 2. The van der Waals surface area contributed by atoms with Crippen LogP contribution in [0.1, 0.15) is 23.8 Å². The highest BCUT2D eigenvalue weighted by molar-refractivity contribution is 7.99. The minimum Gasteiger partial charge on any atom is -0.312 e. The maximum Gasteiger partial charge on any atom is 0.227 e. The van der Waals surface area contributed by atoms with Crippen molar-refractivity contribution in [2.75, 3.05) is 22.5 Å². The Balaban J connectivity index is 1.29. The minimum absolute atomic E-state index is 0.0346. The van der Waals surface area contributed by atoms with Gasteiger partial charge >= 0.3 is 0 Å². The third-order valence-corrected chi connectivity index (χ3v) is 7.23. The van der Waals surface area contributed by atoms with Crippen molar-refractivity contribution < 1.29 is 9.59 Å². The van der Waals surface area contributed by atoms with Gasteiger partial charge in [-0.1, -0.05) is 34.5 Å². The third-order valence-electron chi connectivity index (χ3n) is 4.71. The molecule has 1 atom stereocenters. The zero-order valence-electron chi connectivity index (χ0n) is 16.3. The van der Waals surface area contributed by atoms with E-state index in [1.54, 1.807) is 28.8 Å². The van der Waals surface area contributed by atoms with Gasteiger partial charge in [-0.15, -0.1) is 22.0 Å².